The fourth-order valence-corrected chi connectivity index (χ4v) is 1.52. The van der Waals surface area contributed by atoms with Gasteiger partial charge in [-0.3, -0.25) is 0 Å². The Morgan fingerprint density at radius 3 is 1.34 bits per heavy atom. The molecule has 2 aromatic carbocycles. The number of ether oxygens (including phenoxy) is 1. The zero-order valence-corrected chi connectivity index (χ0v) is 18.4. The van der Waals surface area contributed by atoms with Crippen molar-refractivity contribution in [3.05, 3.63) is 71.8 Å². The number of phosphoric acid groups is 1. The Morgan fingerprint density at radius 2 is 1.16 bits per heavy atom. The maximum Gasteiger partial charge on any atom is 0.466 e. The highest BCUT2D eigenvalue weighted by atomic mass is 31.2. The highest BCUT2D eigenvalue weighted by Gasteiger charge is 2.01. The topological polar surface area (TPSA) is 202 Å². The first-order valence-corrected chi connectivity index (χ1v) is 10.6. The SMILES string of the molecule is CC(O)COC(C)CO.O=C(O)c1ccccc1.O=C(O)c1ccccc1.O=P(O)(O)O. The fraction of sp³-hybridized carbons (Fsp3) is 0.300. The summed E-state index contributed by atoms with van der Waals surface area (Å²) in [7, 11) is -4.64. The smallest absolute Gasteiger partial charge is 0.466 e. The summed E-state index contributed by atoms with van der Waals surface area (Å²) in [6.45, 7) is 3.70. The number of hydrogen-bond acceptors (Lipinski definition) is 6. The molecule has 12 heteroatoms. The van der Waals surface area contributed by atoms with Crippen molar-refractivity contribution < 1.29 is 54.0 Å². The van der Waals surface area contributed by atoms with E-state index in [1.807, 2.05) is 0 Å². The molecule has 2 unspecified atom stereocenters. The van der Waals surface area contributed by atoms with E-state index in [-0.39, 0.29) is 12.7 Å². The van der Waals surface area contributed by atoms with Crippen LogP contribution >= 0.6 is 7.82 Å². The van der Waals surface area contributed by atoms with Crippen LogP contribution in [0.3, 0.4) is 0 Å². The van der Waals surface area contributed by atoms with Crippen LogP contribution in [-0.2, 0) is 9.30 Å². The first-order valence-electron chi connectivity index (χ1n) is 9.03. The van der Waals surface area contributed by atoms with E-state index < -0.39 is 25.9 Å². The monoisotopic (exact) mass is 476 g/mol. The molecule has 0 heterocycles. The summed E-state index contributed by atoms with van der Waals surface area (Å²) in [6, 6.07) is 16.6. The third-order valence-corrected chi connectivity index (χ3v) is 2.92. The molecule has 180 valence electrons. The number of rotatable bonds is 6. The van der Waals surface area contributed by atoms with E-state index >= 15 is 0 Å². The van der Waals surface area contributed by atoms with E-state index in [1.54, 1.807) is 74.5 Å². The number of hydrogen-bond donors (Lipinski definition) is 7. The molecular formula is C20H29O11P. The largest absolute Gasteiger partial charge is 0.478 e. The second kappa shape index (κ2) is 18.0. The molecule has 0 amide bonds. The number of aromatic carboxylic acids is 2. The minimum atomic E-state index is -4.64. The van der Waals surface area contributed by atoms with Gasteiger partial charge in [0.05, 0.1) is 36.5 Å². The van der Waals surface area contributed by atoms with Crippen LogP contribution in [0.4, 0.5) is 0 Å². The second-order valence-corrected chi connectivity index (χ2v) is 7.06. The summed E-state index contributed by atoms with van der Waals surface area (Å²) in [5.41, 5.74) is 0.662. The summed E-state index contributed by atoms with van der Waals surface area (Å²) in [5.74, 6) is -1.76. The molecule has 2 aromatic rings. The summed E-state index contributed by atoms with van der Waals surface area (Å²) in [6.07, 6.45) is -0.612. The van der Waals surface area contributed by atoms with E-state index in [1.165, 1.54) is 0 Å². The van der Waals surface area contributed by atoms with Crippen molar-refractivity contribution >= 4 is 19.8 Å². The van der Waals surface area contributed by atoms with Crippen molar-refractivity contribution in [1.29, 1.82) is 0 Å². The van der Waals surface area contributed by atoms with Crippen molar-refractivity contribution in [2.45, 2.75) is 26.1 Å². The minimum absolute atomic E-state index is 0.00667. The molecule has 11 nitrogen and oxygen atoms in total. The van der Waals surface area contributed by atoms with Crippen molar-refractivity contribution in [3.8, 4) is 0 Å². The van der Waals surface area contributed by atoms with Gasteiger partial charge in [0.25, 0.3) is 0 Å². The summed E-state index contributed by atoms with van der Waals surface area (Å²) < 4.78 is 13.8. The Balaban J connectivity index is 0. The van der Waals surface area contributed by atoms with Gasteiger partial charge in [0, 0.05) is 0 Å². The van der Waals surface area contributed by atoms with Crippen molar-refractivity contribution in [2.75, 3.05) is 13.2 Å². The van der Waals surface area contributed by atoms with Crippen LogP contribution < -0.4 is 0 Å². The molecule has 32 heavy (non-hydrogen) atoms. The third kappa shape index (κ3) is 23.6. The van der Waals surface area contributed by atoms with E-state index in [2.05, 4.69) is 0 Å². The number of carboxylic acids is 2. The molecule has 0 aliphatic carbocycles. The van der Waals surface area contributed by atoms with Crippen LogP contribution in [0.15, 0.2) is 60.7 Å². The average molecular weight is 476 g/mol. The Morgan fingerprint density at radius 1 is 0.844 bits per heavy atom. The lowest BCUT2D eigenvalue weighted by Crippen LogP contribution is -2.19. The second-order valence-electron chi connectivity index (χ2n) is 6.03. The number of aliphatic hydroxyl groups is 2. The number of benzene rings is 2. The van der Waals surface area contributed by atoms with Gasteiger partial charge in [0.15, 0.2) is 0 Å². The van der Waals surface area contributed by atoms with E-state index in [0.29, 0.717) is 17.7 Å². The summed E-state index contributed by atoms with van der Waals surface area (Å²) in [5, 5.41) is 33.9. The molecule has 0 fully saturated rings. The lowest BCUT2D eigenvalue weighted by molar-refractivity contribution is -0.0177. The van der Waals surface area contributed by atoms with Crippen LogP contribution in [0.2, 0.25) is 0 Å². The molecule has 2 rings (SSSR count). The lowest BCUT2D eigenvalue weighted by Gasteiger charge is -2.10. The van der Waals surface area contributed by atoms with Crippen LogP contribution in [0.25, 0.3) is 0 Å². The molecule has 0 saturated heterocycles. The zero-order valence-electron chi connectivity index (χ0n) is 17.6. The van der Waals surface area contributed by atoms with E-state index in [9.17, 15) is 9.59 Å². The maximum absolute atomic E-state index is 10.2. The van der Waals surface area contributed by atoms with E-state index in [4.69, 9.17) is 44.4 Å². The molecule has 0 spiro atoms. The molecule has 0 aliphatic rings. The normalized spacial score (nSPS) is 11.7. The molecule has 7 N–H and O–H groups in total. The van der Waals surface area contributed by atoms with Crippen LogP contribution in [-0.4, -0.2) is 72.5 Å². The van der Waals surface area contributed by atoms with Crippen LogP contribution in [0, 0.1) is 0 Å². The Bertz CT molecular complexity index is 734. The molecular weight excluding hydrogens is 447 g/mol. The Hall–Kier alpha value is -2.63. The first-order chi connectivity index (χ1) is 14.8. The van der Waals surface area contributed by atoms with Gasteiger partial charge < -0.3 is 39.8 Å². The average Bonchev–Trinajstić information content (AvgIpc) is 2.73. The Kier molecular flexibility index (Phi) is 17.7. The summed E-state index contributed by atoms with van der Waals surface area (Å²) >= 11 is 0. The molecule has 0 saturated carbocycles. The predicted octanol–water partition coefficient (Wildman–Crippen LogP) is 1.61. The van der Waals surface area contributed by atoms with Gasteiger partial charge in [0.1, 0.15) is 0 Å². The minimum Gasteiger partial charge on any atom is -0.478 e. The third-order valence-electron chi connectivity index (χ3n) is 2.92. The van der Waals surface area contributed by atoms with Crippen molar-refractivity contribution in [3.63, 3.8) is 0 Å². The quantitative estimate of drug-likeness (QED) is 0.298. The highest BCUT2D eigenvalue weighted by Crippen LogP contribution is 2.25. The predicted molar refractivity (Wildman–Crippen MR) is 115 cm³/mol. The van der Waals surface area contributed by atoms with E-state index in [0.717, 1.165) is 0 Å². The standard InChI is InChI=1S/2C7H6O2.C6H14O3.H3O4P/c2*8-7(9)6-4-2-1-3-5-6;1-5(8)4-9-6(2)3-7;1-5(2,3)4/h2*1-5H,(H,8,9);5-8H,3-4H2,1-2H3;(H3,1,2,3,4). The molecule has 0 aromatic heterocycles. The number of carboxylic acid groups (broad SMARTS) is 2. The van der Waals surface area contributed by atoms with Gasteiger partial charge in [0.2, 0.25) is 0 Å². The highest BCUT2D eigenvalue weighted by molar-refractivity contribution is 7.45. The lowest BCUT2D eigenvalue weighted by atomic mass is 10.2. The van der Waals surface area contributed by atoms with Gasteiger partial charge in [-0.25, -0.2) is 14.2 Å². The van der Waals surface area contributed by atoms with Gasteiger partial charge in [-0.2, -0.15) is 0 Å². The van der Waals surface area contributed by atoms with Crippen LogP contribution in [0.1, 0.15) is 34.6 Å². The molecule has 0 aliphatic heterocycles. The fourth-order valence-electron chi connectivity index (χ4n) is 1.52. The molecule has 0 bridgehead atoms. The van der Waals surface area contributed by atoms with Gasteiger partial charge in [-0.05, 0) is 38.1 Å². The summed E-state index contributed by atoms with van der Waals surface area (Å²) in [4.78, 5) is 42.0. The van der Waals surface area contributed by atoms with Crippen LogP contribution in [0.5, 0.6) is 0 Å². The molecule has 2 atom stereocenters. The number of aliphatic hydroxyl groups excluding tert-OH is 2. The Labute approximate surface area is 185 Å². The first kappa shape index (κ1) is 31.6. The van der Waals surface area contributed by atoms with Crippen molar-refractivity contribution in [2.24, 2.45) is 0 Å². The van der Waals surface area contributed by atoms with Gasteiger partial charge in [-0.1, -0.05) is 36.4 Å². The van der Waals surface area contributed by atoms with Gasteiger partial charge in [-0.15, -0.1) is 0 Å². The van der Waals surface area contributed by atoms with Crippen molar-refractivity contribution in [1.82, 2.24) is 0 Å². The zero-order chi connectivity index (χ0) is 25.2. The van der Waals surface area contributed by atoms with Gasteiger partial charge >= 0.3 is 19.8 Å². The number of carbonyl (C=O) groups is 2. The molecule has 0 radical (unpaired) electrons. The maximum atomic E-state index is 10.2.